The van der Waals surface area contributed by atoms with Crippen molar-refractivity contribution in [3.8, 4) is 0 Å². The number of carbonyl (C=O) groups excluding carboxylic acids is 1. The Labute approximate surface area is 96.5 Å². The molecule has 1 aromatic heterocycles. The molecule has 2 heterocycles. The Hall–Kier alpha value is -1.38. The maximum Gasteiger partial charge on any atom is 0.231 e. The molecule has 3 heteroatoms. The molecule has 0 aliphatic carbocycles. The molecule has 1 aliphatic heterocycles. The predicted octanol–water partition coefficient (Wildman–Crippen LogP) is 2.11. The van der Waals surface area contributed by atoms with E-state index in [0.717, 1.165) is 17.7 Å². The fourth-order valence-electron chi connectivity index (χ4n) is 2.17. The Bertz CT molecular complexity index is 408. The first-order chi connectivity index (χ1) is 7.42. The standard InChI is InChI=1S/C13H18N2O/c1-9-5-6-11(14-8-9)10-7-13(2,3)15(4)12(10)16/h5-6,8,10H,7H2,1-4H3. The largest absolute Gasteiger partial charge is 0.340 e. The molecule has 0 bridgehead atoms. The molecule has 86 valence electrons. The predicted molar refractivity (Wildman–Crippen MR) is 63.2 cm³/mol. The second-order valence-electron chi connectivity index (χ2n) is 5.23. The molecular formula is C13H18N2O. The highest BCUT2D eigenvalue weighted by atomic mass is 16.2. The summed E-state index contributed by atoms with van der Waals surface area (Å²) in [5.41, 5.74) is 1.96. The fraction of sp³-hybridized carbons (Fsp3) is 0.538. The monoisotopic (exact) mass is 218 g/mol. The van der Waals surface area contributed by atoms with Gasteiger partial charge in [-0.05, 0) is 38.8 Å². The third-order valence-electron chi connectivity index (χ3n) is 3.53. The lowest BCUT2D eigenvalue weighted by Gasteiger charge is -2.26. The highest BCUT2D eigenvalue weighted by molar-refractivity contribution is 5.86. The van der Waals surface area contributed by atoms with Gasteiger partial charge in [0.2, 0.25) is 5.91 Å². The van der Waals surface area contributed by atoms with E-state index >= 15 is 0 Å². The molecule has 1 amide bonds. The van der Waals surface area contributed by atoms with Crippen molar-refractivity contribution < 1.29 is 4.79 Å². The number of likely N-dealkylation sites (tertiary alicyclic amines) is 1. The maximum atomic E-state index is 12.1. The Morgan fingerprint density at radius 1 is 1.44 bits per heavy atom. The summed E-state index contributed by atoms with van der Waals surface area (Å²) in [6.07, 6.45) is 2.67. The van der Waals surface area contributed by atoms with Crippen molar-refractivity contribution in [2.45, 2.75) is 38.6 Å². The van der Waals surface area contributed by atoms with Crippen LogP contribution in [0.4, 0.5) is 0 Å². The second kappa shape index (κ2) is 3.58. The summed E-state index contributed by atoms with van der Waals surface area (Å²) in [6, 6.07) is 3.98. The zero-order valence-corrected chi connectivity index (χ0v) is 10.3. The van der Waals surface area contributed by atoms with Crippen molar-refractivity contribution >= 4 is 5.91 Å². The van der Waals surface area contributed by atoms with Crippen molar-refractivity contribution in [1.29, 1.82) is 0 Å². The zero-order valence-electron chi connectivity index (χ0n) is 10.3. The zero-order chi connectivity index (χ0) is 11.9. The normalized spacial score (nSPS) is 23.9. The van der Waals surface area contributed by atoms with Crippen LogP contribution in [-0.2, 0) is 4.79 Å². The van der Waals surface area contributed by atoms with Gasteiger partial charge in [0.15, 0.2) is 0 Å². The molecule has 0 aromatic carbocycles. The number of amides is 1. The molecule has 1 saturated heterocycles. The van der Waals surface area contributed by atoms with Crippen LogP contribution in [0.5, 0.6) is 0 Å². The number of aromatic nitrogens is 1. The molecule has 3 nitrogen and oxygen atoms in total. The summed E-state index contributed by atoms with van der Waals surface area (Å²) in [4.78, 5) is 18.3. The number of carbonyl (C=O) groups is 1. The number of rotatable bonds is 1. The minimum Gasteiger partial charge on any atom is -0.340 e. The van der Waals surface area contributed by atoms with Gasteiger partial charge in [-0.25, -0.2) is 0 Å². The third-order valence-corrected chi connectivity index (χ3v) is 3.53. The summed E-state index contributed by atoms with van der Waals surface area (Å²) in [5.74, 6) is 0.113. The lowest BCUT2D eigenvalue weighted by atomic mass is 9.94. The second-order valence-corrected chi connectivity index (χ2v) is 5.23. The molecule has 2 rings (SSSR count). The molecule has 1 aliphatic rings. The number of hydrogen-bond donors (Lipinski definition) is 0. The van der Waals surface area contributed by atoms with Crippen LogP contribution in [0.15, 0.2) is 18.3 Å². The fourth-order valence-corrected chi connectivity index (χ4v) is 2.17. The first kappa shape index (κ1) is 11.1. The van der Waals surface area contributed by atoms with Crippen molar-refractivity contribution in [1.82, 2.24) is 9.88 Å². The average molecular weight is 218 g/mol. The highest BCUT2D eigenvalue weighted by Gasteiger charge is 2.43. The van der Waals surface area contributed by atoms with Crippen LogP contribution >= 0.6 is 0 Å². The van der Waals surface area contributed by atoms with E-state index in [2.05, 4.69) is 18.8 Å². The van der Waals surface area contributed by atoms with E-state index < -0.39 is 0 Å². The van der Waals surface area contributed by atoms with Crippen LogP contribution in [0.3, 0.4) is 0 Å². The maximum absolute atomic E-state index is 12.1. The van der Waals surface area contributed by atoms with Crippen LogP contribution in [0.25, 0.3) is 0 Å². The van der Waals surface area contributed by atoms with Crippen molar-refractivity contribution in [2.24, 2.45) is 0 Å². The third kappa shape index (κ3) is 1.70. The summed E-state index contributed by atoms with van der Waals surface area (Å²) in [5, 5.41) is 0. The highest BCUT2D eigenvalue weighted by Crippen LogP contribution is 2.37. The van der Waals surface area contributed by atoms with Gasteiger partial charge < -0.3 is 4.90 Å². The topological polar surface area (TPSA) is 33.2 Å². The van der Waals surface area contributed by atoms with E-state index in [-0.39, 0.29) is 17.4 Å². The number of hydrogen-bond acceptors (Lipinski definition) is 2. The molecule has 1 aromatic rings. The molecule has 0 N–H and O–H groups in total. The molecule has 0 radical (unpaired) electrons. The Balaban J connectivity index is 2.30. The molecule has 0 spiro atoms. The summed E-state index contributed by atoms with van der Waals surface area (Å²) < 4.78 is 0. The van der Waals surface area contributed by atoms with E-state index in [1.54, 1.807) is 0 Å². The lowest BCUT2D eigenvalue weighted by molar-refractivity contribution is -0.130. The minimum atomic E-state index is -0.0689. The number of nitrogens with zero attached hydrogens (tertiary/aromatic N) is 2. The summed E-state index contributed by atoms with van der Waals surface area (Å²) in [7, 11) is 1.87. The minimum absolute atomic E-state index is 0.0612. The van der Waals surface area contributed by atoms with Crippen LogP contribution in [0.1, 0.15) is 37.4 Å². The number of aryl methyl sites for hydroxylation is 1. The van der Waals surface area contributed by atoms with Gasteiger partial charge >= 0.3 is 0 Å². The number of pyridine rings is 1. The van der Waals surface area contributed by atoms with Gasteiger partial charge in [-0.1, -0.05) is 6.07 Å². The van der Waals surface area contributed by atoms with E-state index in [9.17, 15) is 4.79 Å². The van der Waals surface area contributed by atoms with Gasteiger partial charge in [-0.15, -0.1) is 0 Å². The smallest absolute Gasteiger partial charge is 0.231 e. The van der Waals surface area contributed by atoms with Crippen LogP contribution in [-0.4, -0.2) is 28.4 Å². The van der Waals surface area contributed by atoms with Crippen LogP contribution in [0.2, 0.25) is 0 Å². The molecule has 1 unspecified atom stereocenters. The molecule has 0 saturated carbocycles. The van der Waals surface area contributed by atoms with E-state index in [1.165, 1.54) is 0 Å². The average Bonchev–Trinajstić information content (AvgIpc) is 2.44. The van der Waals surface area contributed by atoms with E-state index in [0.29, 0.717) is 0 Å². The number of likely N-dealkylation sites (N-methyl/N-ethyl adjacent to an activating group) is 1. The van der Waals surface area contributed by atoms with Gasteiger partial charge in [0, 0.05) is 18.8 Å². The van der Waals surface area contributed by atoms with Crippen molar-refractivity contribution in [2.75, 3.05) is 7.05 Å². The van der Waals surface area contributed by atoms with E-state index in [4.69, 9.17) is 0 Å². The van der Waals surface area contributed by atoms with Crippen LogP contribution in [0, 0.1) is 6.92 Å². The first-order valence-electron chi connectivity index (χ1n) is 5.62. The quantitative estimate of drug-likeness (QED) is 0.723. The van der Waals surface area contributed by atoms with Gasteiger partial charge in [-0.3, -0.25) is 9.78 Å². The SMILES string of the molecule is Cc1ccc(C2CC(C)(C)N(C)C2=O)nc1. The Kier molecular flexibility index (Phi) is 2.49. The molecule has 1 fully saturated rings. The lowest BCUT2D eigenvalue weighted by Crippen LogP contribution is -2.37. The van der Waals surface area contributed by atoms with Gasteiger partial charge in [0.25, 0.3) is 0 Å². The van der Waals surface area contributed by atoms with Crippen molar-refractivity contribution in [3.63, 3.8) is 0 Å². The van der Waals surface area contributed by atoms with Crippen LogP contribution < -0.4 is 0 Å². The Morgan fingerprint density at radius 3 is 2.56 bits per heavy atom. The summed E-state index contributed by atoms with van der Waals surface area (Å²) >= 11 is 0. The first-order valence-corrected chi connectivity index (χ1v) is 5.62. The van der Waals surface area contributed by atoms with Gasteiger partial charge in [-0.2, -0.15) is 0 Å². The summed E-state index contributed by atoms with van der Waals surface area (Å²) in [6.45, 7) is 6.20. The molecular weight excluding hydrogens is 200 g/mol. The van der Waals surface area contributed by atoms with Gasteiger partial charge in [0.05, 0.1) is 11.6 Å². The molecule has 1 atom stereocenters. The molecule has 16 heavy (non-hydrogen) atoms. The Morgan fingerprint density at radius 2 is 2.12 bits per heavy atom. The van der Waals surface area contributed by atoms with Crippen molar-refractivity contribution in [3.05, 3.63) is 29.6 Å². The van der Waals surface area contributed by atoms with E-state index in [1.807, 2.05) is 37.2 Å². The van der Waals surface area contributed by atoms with Gasteiger partial charge in [0.1, 0.15) is 0 Å².